The van der Waals surface area contributed by atoms with Gasteiger partial charge in [-0.3, -0.25) is 0 Å². The Labute approximate surface area is 101 Å². The summed E-state index contributed by atoms with van der Waals surface area (Å²) in [5, 5.41) is 0. The molecule has 0 saturated heterocycles. The maximum Gasteiger partial charge on any atom is 0.165 e. The zero-order chi connectivity index (χ0) is 12.4. The Morgan fingerprint density at radius 2 is 1.47 bits per heavy atom. The van der Waals surface area contributed by atoms with E-state index in [2.05, 4.69) is 6.07 Å². The van der Waals surface area contributed by atoms with Crippen LogP contribution in [0.5, 0.6) is 11.5 Å². The standard InChI is InChI=1S/C15H15FO/c1-10-4-5-15(14(16)9-10)17-13-7-11(2)6-12(3)8-13/h4-9H,1-3H3. The molecule has 0 spiro atoms. The molecule has 0 aliphatic rings. The maximum atomic E-state index is 13.6. The zero-order valence-corrected chi connectivity index (χ0v) is 10.3. The van der Waals surface area contributed by atoms with E-state index in [0.29, 0.717) is 5.75 Å². The van der Waals surface area contributed by atoms with Crippen molar-refractivity contribution in [2.75, 3.05) is 0 Å². The van der Waals surface area contributed by atoms with Crippen LogP contribution >= 0.6 is 0 Å². The molecule has 0 aromatic heterocycles. The van der Waals surface area contributed by atoms with E-state index in [1.54, 1.807) is 6.07 Å². The van der Waals surface area contributed by atoms with Crippen LogP contribution in [0.2, 0.25) is 0 Å². The van der Waals surface area contributed by atoms with Gasteiger partial charge in [0.25, 0.3) is 0 Å². The fourth-order valence-corrected chi connectivity index (χ4v) is 1.81. The highest BCUT2D eigenvalue weighted by molar-refractivity contribution is 5.38. The largest absolute Gasteiger partial charge is 0.454 e. The second-order valence-corrected chi connectivity index (χ2v) is 4.36. The van der Waals surface area contributed by atoms with Gasteiger partial charge in [-0.2, -0.15) is 0 Å². The van der Waals surface area contributed by atoms with Crippen molar-refractivity contribution in [3.8, 4) is 11.5 Å². The summed E-state index contributed by atoms with van der Waals surface area (Å²) in [6.07, 6.45) is 0. The predicted octanol–water partition coefficient (Wildman–Crippen LogP) is 4.54. The van der Waals surface area contributed by atoms with Crippen LogP contribution in [0, 0.1) is 26.6 Å². The van der Waals surface area contributed by atoms with E-state index in [0.717, 1.165) is 16.7 Å². The molecule has 0 fully saturated rings. The summed E-state index contributed by atoms with van der Waals surface area (Å²) in [4.78, 5) is 0. The zero-order valence-electron chi connectivity index (χ0n) is 10.3. The molecule has 17 heavy (non-hydrogen) atoms. The van der Waals surface area contributed by atoms with E-state index < -0.39 is 0 Å². The smallest absolute Gasteiger partial charge is 0.165 e. The molecule has 0 radical (unpaired) electrons. The normalized spacial score (nSPS) is 10.4. The van der Waals surface area contributed by atoms with Crippen molar-refractivity contribution in [3.05, 3.63) is 58.9 Å². The molecule has 0 N–H and O–H groups in total. The Morgan fingerprint density at radius 3 is 2.06 bits per heavy atom. The third-order valence-corrected chi connectivity index (χ3v) is 2.51. The van der Waals surface area contributed by atoms with Gasteiger partial charge in [-0.1, -0.05) is 12.1 Å². The number of aryl methyl sites for hydroxylation is 3. The van der Waals surface area contributed by atoms with E-state index in [9.17, 15) is 4.39 Å². The first-order valence-corrected chi connectivity index (χ1v) is 5.57. The minimum Gasteiger partial charge on any atom is -0.454 e. The first kappa shape index (κ1) is 11.6. The fourth-order valence-electron chi connectivity index (χ4n) is 1.81. The summed E-state index contributed by atoms with van der Waals surface area (Å²) >= 11 is 0. The Morgan fingerprint density at radius 1 is 0.824 bits per heavy atom. The van der Waals surface area contributed by atoms with Gasteiger partial charge in [0.2, 0.25) is 0 Å². The lowest BCUT2D eigenvalue weighted by Crippen LogP contribution is -1.90. The highest BCUT2D eigenvalue weighted by atomic mass is 19.1. The summed E-state index contributed by atoms with van der Waals surface area (Å²) in [5.41, 5.74) is 3.09. The van der Waals surface area contributed by atoms with Gasteiger partial charge in [-0.15, -0.1) is 0 Å². The molecule has 2 heteroatoms. The topological polar surface area (TPSA) is 9.23 Å². The van der Waals surface area contributed by atoms with E-state index >= 15 is 0 Å². The van der Waals surface area contributed by atoms with Gasteiger partial charge in [0, 0.05) is 0 Å². The molecule has 0 unspecified atom stereocenters. The van der Waals surface area contributed by atoms with Gasteiger partial charge < -0.3 is 4.74 Å². The fraction of sp³-hybridized carbons (Fsp3) is 0.200. The van der Waals surface area contributed by atoms with Gasteiger partial charge in [0.05, 0.1) is 0 Å². The molecule has 2 rings (SSSR count). The predicted molar refractivity (Wildman–Crippen MR) is 67.1 cm³/mol. The number of hydrogen-bond donors (Lipinski definition) is 0. The van der Waals surface area contributed by atoms with Crippen molar-refractivity contribution in [2.45, 2.75) is 20.8 Å². The summed E-state index contributed by atoms with van der Waals surface area (Å²) in [7, 11) is 0. The number of ether oxygens (including phenoxy) is 1. The third kappa shape index (κ3) is 2.84. The van der Waals surface area contributed by atoms with Crippen LogP contribution in [0.3, 0.4) is 0 Å². The van der Waals surface area contributed by atoms with Crippen LogP contribution in [0.25, 0.3) is 0 Å². The molecule has 2 aromatic carbocycles. The van der Waals surface area contributed by atoms with Crippen molar-refractivity contribution < 1.29 is 9.13 Å². The second kappa shape index (κ2) is 4.58. The summed E-state index contributed by atoms with van der Waals surface area (Å²) in [6.45, 7) is 5.83. The van der Waals surface area contributed by atoms with Crippen LogP contribution in [-0.2, 0) is 0 Å². The van der Waals surface area contributed by atoms with E-state index in [1.165, 1.54) is 6.07 Å². The van der Waals surface area contributed by atoms with Gasteiger partial charge in [-0.05, 0) is 61.7 Å². The van der Waals surface area contributed by atoms with Crippen LogP contribution < -0.4 is 4.74 Å². The van der Waals surface area contributed by atoms with Crippen molar-refractivity contribution in [3.63, 3.8) is 0 Å². The molecular formula is C15H15FO. The molecule has 0 aliphatic heterocycles. The molecule has 2 aromatic rings. The second-order valence-electron chi connectivity index (χ2n) is 4.36. The molecule has 0 saturated carbocycles. The van der Waals surface area contributed by atoms with Crippen LogP contribution in [0.15, 0.2) is 36.4 Å². The average molecular weight is 230 g/mol. The lowest BCUT2D eigenvalue weighted by molar-refractivity contribution is 0.441. The highest BCUT2D eigenvalue weighted by Gasteiger charge is 2.05. The third-order valence-electron chi connectivity index (χ3n) is 2.51. The molecule has 88 valence electrons. The molecular weight excluding hydrogens is 215 g/mol. The number of rotatable bonds is 2. The molecule has 0 atom stereocenters. The van der Waals surface area contributed by atoms with Crippen LogP contribution in [0.1, 0.15) is 16.7 Å². The minimum absolute atomic E-state index is 0.264. The number of hydrogen-bond acceptors (Lipinski definition) is 1. The summed E-state index contributed by atoms with van der Waals surface area (Å²) < 4.78 is 19.2. The van der Waals surface area contributed by atoms with E-state index in [-0.39, 0.29) is 11.6 Å². The molecule has 0 amide bonds. The minimum atomic E-state index is -0.329. The Hall–Kier alpha value is -1.83. The van der Waals surface area contributed by atoms with E-state index in [1.807, 2.05) is 39.0 Å². The van der Waals surface area contributed by atoms with Gasteiger partial charge in [0.1, 0.15) is 5.75 Å². The van der Waals surface area contributed by atoms with Crippen LogP contribution in [0.4, 0.5) is 4.39 Å². The highest BCUT2D eigenvalue weighted by Crippen LogP contribution is 2.26. The first-order valence-electron chi connectivity index (χ1n) is 5.57. The van der Waals surface area contributed by atoms with Crippen LogP contribution in [-0.4, -0.2) is 0 Å². The number of halogens is 1. The summed E-state index contributed by atoms with van der Waals surface area (Å²) in [6, 6.07) is 10.8. The quantitative estimate of drug-likeness (QED) is 0.735. The lowest BCUT2D eigenvalue weighted by atomic mass is 10.1. The molecule has 0 heterocycles. The molecule has 0 bridgehead atoms. The van der Waals surface area contributed by atoms with E-state index in [4.69, 9.17) is 4.74 Å². The Kier molecular flexibility index (Phi) is 3.14. The van der Waals surface area contributed by atoms with Crippen molar-refractivity contribution in [2.24, 2.45) is 0 Å². The Bertz CT molecular complexity index is 526. The monoisotopic (exact) mass is 230 g/mol. The van der Waals surface area contributed by atoms with Gasteiger partial charge in [-0.25, -0.2) is 4.39 Å². The first-order chi connectivity index (χ1) is 8.04. The number of benzene rings is 2. The lowest BCUT2D eigenvalue weighted by Gasteiger charge is -2.09. The maximum absolute atomic E-state index is 13.6. The van der Waals surface area contributed by atoms with Crippen molar-refractivity contribution in [1.29, 1.82) is 0 Å². The molecule has 1 nitrogen and oxygen atoms in total. The molecule has 0 aliphatic carbocycles. The van der Waals surface area contributed by atoms with Gasteiger partial charge >= 0.3 is 0 Å². The summed E-state index contributed by atoms with van der Waals surface area (Å²) in [5.74, 6) is 0.606. The SMILES string of the molecule is Cc1cc(C)cc(Oc2ccc(C)cc2F)c1. The average Bonchev–Trinajstić information content (AvgIpc) is 2.21. The van der Waals surface area contributed by atoms with Crippen molar-refractivity contribution in [1.82, 2.24) is 0 Å². The Balaban J connectivity index is 2.31. The van der Waals surface area contributed by atoms with Gasteiger partial charge in [0.15, 0.2) is 11.6 Å². The van der Waals surface area contributed by atoms with Crippen molar-refractivity contribution >= 4 is 0 Å².